The highest BCUT2D eigenvalue weighted by Gasteiger charge is 2.19. The quantitative estimate of drug-likeness (QED) is 0.703. The minimum absolute atomic E-state index is 0.0931. The van der Waals surface area contributed by atoms with Crippen molar-refractivity contribution in [3.05, 3.63) is 18.2 Å². The number of benzene rings is 1. The molecule has 0 saturated heterocycles. The molecule has 0 spiro atoms. The van der Waals surface area contributed by atoms with Gasteiger partial charge in [0.1, 0.15) is 16.4 Å². The number of sulfonamides is 1. The fraction of sp³-hybridized carbons (Fsp3) is 0.571. The average molecular weight is 317 g/mol. The predicted molar refractivity (Wildman–Crippen MR) is 80.4 cm³/mol. The number of nitrogens with one attached hydrogen (secondary N) is 1. The van der Waals surface area contributed by atoms with Crippen molar-refractivity contribution in [1.82, 2.24) is 4.72 Å². The summed E-state index contributed by atoms with van der Waals surface area (Å²) >= 11 is 0. The molecule has 0 unspecified atom stereocenters. The van der Waals surface area contributed by atoms with Gasteiger partial charge in [-0.2, -0.15) is 0 Å². The Morgan fingerprint density at radius 2 is 1.90 bits per heavy atom. The Morgan fingerprint density at radius 1 is 1.19 bits per heavy atom. The summed E-state index contributed by atoms with van der Waals surface area (Å²) in [6.45, 7) is 4.70. The van der Waals surface area contributed by atoms with Crippen LogP contribution < -0.4 is 14.2 Å². The van der Waals surface area contributed by atoms with Crippen LogP contribution in [0.1, 0.15) is 20.3 Å². The third-order valence-corrected chi connectivity index (χ3v) is 4.23. The van der Waals surface area contributed by atoms with Crippen molar-refractivity contribution in [3.63, 3.8) is 0 Å². The van der Waals surface area contributed by atoms with Crippen LogP contribution in [0, 0.1) is 0 Å². The zero-order valence-corrected chi connectivity index (χ0v) is 13.7. The molecule has 0 heterocycles. The summed E-state index contributed by atoms with van der Waals surface area (Å²) in [5, 5.41) is 0. The highest BCUT2D eigenvalue weighted by Crippen LogP contribution is 2.28. The number of rotatable bonds is 9. The molecular formula is C14H23NO5S. The van der Waals surface area contributed by atoms with Crippen molar-refractivity contribution in [2.45, 2.75) is 31.3 Å². The summed E-state index contributed by atoms with van der Waals surface area (Å²) in [6, 6.07) is 4.58. The Bertz CT molecular complexity index is 542. The molecular weight excluding hydrogens is 294 g/mol. The Morgan fingerprint density at radius 3 is 2.48 bits per heavy atom. The first-order valence-electron chi connectivity index (χ1n) is 6.74. The number of methoxy groups -OCH3 is 2. The van der Waals surface area contributed by atoms with Crippen molar-refractivity contribution >= 4 is 10.0 Å². The van der Waals surface area contributed by atoms with Gasteiger partial charge in [-0.3, -0.25) is 0 Å². The predicted octanol–water partition coefficient (Wildman–Crippen LogP) is 1.80. The highest BCUT2D eigenvalue weighted by molar-refractivity contribution is 7.89. The normalized spacial score (nSPS) is 11.7. The van der Waals surface area contributed by atoms with E-state index in [1.165, 1.54) is 26.4 Å². The van der Waals surface area contributed by atoms with Crippen LogP contribution in [0.15, 0.2) is 23.1 Å². The topological polar surface area (TPSA) is 73.9 Å². The first-order chi connectivity index (χ1) is 9.90. The minimum Gasteiger partial charge on any atom is -0.497 e. The Hall–Kier alpha value is -1.31. The zero-order valence-electron chi connectivity index (χ0n) is 12.9. The van der Waals surface area contributed by atoms with Gasteiger partial charge in [-0.25, -0.2) is 13.1 Å². The molecule has 0 aliphatic carbocycles. The van der Waals surface area contributed by atoms with Gasteiger partial charge in [0.15, 0.2) is 0 Å². The van der Waals surface area contributed by atoms with Gasteiger partial charge in [0, 0.05) is 19.2 Å². The maximum atomic E-state index is 12.2. The second-order valence-corrected chi connectivity index (χ2v) is 6.42. The second kappa shape index (κ2) is 8.21. The van der Waals surface area contributed by atoms with E-state index in [2.05, 4.69) is 4.72 Å². The lowest BCUT2D eigenvalue weighted by Crippen LogP contribution is -2.26. The first-order valence-corrected chi connectivity index (χ1v) is 8.22. The van der Waals surface area contributed by atoms with E-state index in [1.807, 2.05) is 13.8 Å². The van der Waals surface area contributed by atoms with Crippen LogP contribution in [-0.2, 0) is 14.8 Å². The van der Waals surface area contributed by atoms with E-state index < -0.39 is 10.0 Å². The van der Waals surface area contributed by atoms with Gasteiger partial charge in [-0.05, 0) is 32.4 Å². The summed E-state index contributed by atoms with van der Waals surface area (Å²) in [7, 11) is -0.684. The summed E-state index contributed by atoms with van der Waals surface area (Å²) < 4.78 is 42.5. The van der Waals surface area contributed by atoms with E-state index >= 15 is 0 Å². The van der Waals surface area contributed by atoms with E-state index in [1.54, 1.807) is 6.07 Å². The zero-order chi connectivity index (χ0) is 15.9. The van der Waals surface area contributed by atoms with Crippen molar-refractivity contribution < 1.29 is 22.6 Å². The molecule has 1 rings (SSSR count). The number of ether oxygens (including phenoxy) is 3. The molecule has 0 bridgehead atoms. The van der Waals surface area contributed by atoms with E-state index in [9.17, 15) is 8.42 Å². The molecule has 0 fully saturated rings. The van der Waals surface area contributed by atoms with Crippen LogP contribution in [0.5, 0.6) is 11.5 Å². The largest absolute Gasteiger partial charge is 0.497 e. The molecule has 0 aliphatic rings. The van der Waals surface area contributed by atoms with Gasteiger partial charge >= 0.3 is 0 Å². The lowest BCUT2D eigenvalue weighted by Gasteiger charge is -2.12. The first kappa shape index (κ1) is 17.7. The SMILES string of the molecule is COc1ccc(S(=O)(=O)NCCCOC(C)C)c(OC)c1. The Kier molecular flexibility index (Phi) is 6.94. The molecule has 0 amide bonds. The Labute approximate surface area is 126 Å². The highest BCUT2D eigenvalue weighted by atomic mass is 32.2. The van der Waals surface area contributed by atoms with Crippen molar-refractivity contribution in [3.8, 4) is 11.5 Å². The summed E-state index contributed by atoms with van der Waals surface area (Å²) in [6.07, 6.45) is 0.749. The van der Waals surface area contributed by atoms with E-state index in [4.69, 9.17) is 14.2 Å². The monoisotopic (exact) mass is 317 g/mol. The van der Waals surface area contributed by atoms with Gasteiger partial charge in [-0.15, -0.1) is 0 Å². The van der Waals surface area contributed by atoms with Crippen LogP contribution in [0.2, 0.25) is 0 Å². The maximum absolute atomic E-state index is 12.2. The van der Waals surface area contributed by atoms with Gasteiger partial charge in [0.2, 0.25) is 10.0 Å². The molecule has 1 N–H and O–H groups in total. The van der Waals surface area contributed by atoms with Gasteiger partial charge in [-0.1, -0.05) is 0 Å². The van der Waals surface area contributed by atoms with Crippen LogP contribution >= 0.6 is 0 Å². The van der Waals surface area contributed by atoms with Crippen LogP contribution in [0.4, 0.5) is 0 Å². The minimum atomic E-state index is -3.61. The van der Waals surface area contributed by atoms with Gasteiger partial charge < -0.3 is 14.2 Å². The third-order valence-electron chi connectivity index (χ3n) is 2.72. The molecule has 21 heavy (non-hydrogen) atoms. The number of hydrogen-bond acceptors (Lipinski definition) is 5. The molecule has 1 aromatic rings. The fourth-order valence-corrected chi connectivity index (χ4v) is 2.90. The third kappa shape index (κ3) is 5.53. The smallest absolute Gasteiger partial charge is 0.244 e. The van der Waals surface area contributed by atoms with E-state index in [0.29, 0.717) is 25.3 Å². The molecule has 7 heteroatoms. The molecule has 120 valence electrons. The molecule has 0 atom stereocenters. The molecule has 0 aromatic heterocycles. The van der Waals surface area contributed by atoms with Crippen molar-refractivity contribution in [2.24, 2.45) is 0 Å². The standard InChI is InChI=1S/C14H23NO5S/c1-11(2)20-9-5-8-15-21(16,17)14-7-6-12(18-3)10-13(14)19-4/h6-7,10-11,15H,5,8-9H2,1-4H3. The van der Waals surface area contributed by atoms with Gasteiger partial charge in [0.25, 0.3) is 0 Å². The van der Waals surface area contributed by atoms with Gasteiger partial charge in [0.05, 0.1) is 20.3 Å². The lowest BCUT2D eigenvalue weighted by molar-refractivity contribution is 0.0778. The average Bonchev–Trinajstić information content (AvgIpc) is 2.45. The molecule has 0 aliphatic heterocycles. The Balaban J connectivity index is 2.70. The molecule has 0 saturated carbocycles. The maximum Gasteiger partial charge on any atom is 0.244 e. The van der Waals surface area contributed by atoms with Crippen LogP contribution in [-0.4, -0.2) is 41.9 Å². The van der Waals surface area contributed by atoms with Crippen molar-refractivity contribution in [1.29, 1.82) is 0 Å². The molecule has 0 radical (unpaired) electrons. The lowest BCUT2D eigenvalue weighted by atomic mass is 10.3. The van der Waals surface area contributed by atoms with E-state index in [0.717, 1.165) is 0 Å². The molecule has 6 nitrogen and oxygen atoms in total. The van der Waals surface area contributed by atoms with Crippen molar-refractivity contribution in [2.75, 3.05) is 27.4 Å². The van der Waals surface area contributed by atoms with E-state index in [-0.39, 0.29) is 16.7 Å². The summed E-state index contributed by atoms with van der Waals surface area (Å²) in [5.41, 5.74) is 0. The molecule has 1 aromatic carbocycles. The van der Waals surface area contributed by atoms with Crippen LogP contribution in [0.3, 0.4) is 0 Å². The fourth-order valence-electron chi connectivity index (χ4n) is 1.67. The second-order valence-electron chi connectivity index (χ2n) is 4.69. The number of hydrogen-bond donors (Lipinski definition) is 1. The summed E-state index contributed by atoms with van der Waals surface area (Å²) in [4.78, 5) is 0.0931. The van der Waals surface area contributed by atoms with Crippen LogP contribution in [0.25, 0.3) is 0 Å². The summed E-state index contributed by atoms with van der Waals surface area (Å²) in [5.74, 6) is 0.788.